The minimum Gasteiger partial charge on any atom is -0.491 e. The summed E-state index contributed by atoms with van der Waals surface area (Å²) in [4.78, 5) is 40.3. The summed E-state index contributed by atoms with van der Waals surface area (Å²) in [5.41, 5.74) is 2.16. The van der Waals surface area contributed by atoms with Crippen molar-refractivity contribution in [2.24, 2.45) is 7.05 Å². The summed E-state index contributed by atoms with van der Waals surface area (Å²) in [5.74, 6) is 0.764. The van der Waals surface area contributed by atoms with Crippen molar-refractivity contribution in [3.63, 3.8) is 0 Å². The van der Waals surface area contributed by atoms with Gasteiger partial charge in [0, 0.05) is 63.8 Å². The van der Waals surface area contributed by atoms with E-state index in [2.05, 4.69) is 27.0 Å². The molecule has 5 aromatic rings. The number of carbonyl (C=O) groups is 2. The predicted molar refractivity (Wildman–Crippen MR) is 183 cm³/mol. The van der Waals surface area contributed by atoms with Crippen LogP contribution >= 0.6 is 0 Å². The van der Waals surface area contributed by atoms with E-state index >= 15 is 0 Å². The SMILES string of the molecule is CC(C)Oc1ccc(CN2CCN(C(=O)c3cc4ccc(Oc5ncc(N(C)C(=O)c6ccc(C(F)(F)F)cc6)cn5)cc4n3C)CC2)cc1. The monoisotopic (exact) mass is 686 g/mol. The Hall–Kier alpha value is -5.43. The number of anilines is 1. The summed E-state index contributed by atoms with van der Waals surface area (Å²) in [6.45, 7) is 7.62. The molecule has 1 aliphatic rings. The molecule has 2 amide bonds. The molecule has 260 valence electrons. The minimum atomic E-state index is -4.49. The number of aryl methyl sites for hydroxylation is 1. The Morgan fingerprint density at radius 3 is 2.14 bits per heavy atom. The average Bonchev–Trinajstić information content (AvgIpc) is 3.43. The third-order valence-corrected chi connectivity index (χ3v) is 8.57. The fourth-order valence-electron chi connectivity index (χ4n) is 5.81. The number of ether oxygens (including phenoxy) is 2. The van der Waals surface area contributed by atoms with Gasteiger partial charge in [0.05, 0.1) is 35.3 Å². The topological polar surface area (TPSA) is 93.0 Å². The normalized spacial score (nSPS) is 13.9. The Morgan fingerprint density at radius 2 is 1.52 bits per heavy atom. The fraction of sp³-hybridized carbons (Fsp3) is 0.297. The van der Waals surface area contributed by atoms with Gasteiger partial charge in [-0.05, 0) is 74.0 Å². The zero-order chi connectivity index (χ0) is 35.6. The quantitative estimate of drug-likeness (QED) is 0.168. The van der Waals surface area contributed by atoms with Crippen LogP contribution in [0.4, 0.5) is 18.9 Å². The fourth-order valence-corrected chi connectivity index (χ4v) is 5.81. The van der Waals surface area contributed by atoms with Crippen molar-refractivity contribution in [3.05, 3.63) is 108 Å². The number of hydrogen-bond donors (Lipinski definition) is 0. The number of fused-ring (bicyclic) bond motifs is 1. The predicted octanol–water partition coefficient (Wildman–Crippen LogP) is 6.80. The number of benzene rings is 3. The lowest BCUT2D eigenvalue weighted by Crippen LogP contribution is -2.48. The van der Waals surface area contributed by atoms with Gasteiger partial charge < -0.3 is 23.8 Å². The van der Waals surface area contributed by atoms with Crippen molar-refractivity contribution in [2.45, 2.75) is 32.7 Å². The van der Waals surface area contributed by atoms with E-state index in [4.69, 9.17) is 9.47 Å². The molecule has 0 spiro atoms. The van der Waals surface area contributed by atoms with Gasteiger partial charge in [0.1, 0.15) is 17.2 Å². The molecular weight excluding hydrogens is 649 g/mol. The lowest BCUT2D eigenvalue weighted by molar-refractivity contribution is -0.137. The van der Waals surface area contributed by atoms with Crippen LogP contribution in [0, 0.1) is 0 Å². The molecular formula is C37H37F3N6O4. The smallest absolute Gasteiger partial charge is 0.416 e. The molecule has 13 heteroatoms. The van der Waals surface area contributed by atoms with Crippen molar-refractivity contribution in [1.29, 1.82) is 0 Å². The minimum absolute atomic E-state index is 0.0325. The first-order chi connectivity index (χ1) is 23.9. The average molecular weight is 687 g/mol. The number of halogens is 3. The lowest BCUT2D eigenvalue weighted by Gasteiger charge is -2.34. The Morgan fingerprint density at radius 1 is 0.880 bits per heavy atom. The number of amides is 2. The Kier molecular flexibility index (Phi) is 9.78. The van der Waals surface area contributed by atoms with Gasteiger partial charge in [0.25, 0.3) is 11.8 Å². The molecule has 3 aromatic carbocycles. The molecule has 0 unspecified atom stereocenters. The maximum atomic E-state index is 13.6. The highest BCUT2D eigenvalue weighted by molar-refractivity contribution is 6.05. The molecule has 1 fully saturated rings. The third kappa shape index (κ3) is 7.73. The van der Waals surface area contributed by atoms with Crippen LogP contribution in [0.1, 0.15) is 45.8 Å². The van der Waals surface area contributed by atoms with Crippen molar-refractivity contribution in [1.82, 2.24) is 24.3 Å². The number of carbonyl (C=O) groups excluding carboxylic acids is 2. The summed E-state index contributed by atoms with van der Waals surface area (Å²) in [6, 6.07) is 19.5. The van der Waals surface area contributed by atoms with Gasteiger partial charge in [0.2, 0.25) is 0 Å². The molecule has 2 aromatic heterocycles. The highest BCUT2D eigenvalue weighted by Gasteiger charge is 2.30. The maximum absolute atomic E-state index is 13.6. The van der Waals surface area contributed by atoms with Crippen LogP contribution in [-0.2, 0) is 19.8 Å². The van der Waals surface area contributed by atoms with Gasteiger partial charge in [-0.15, -0.1) is 0 Å². The largest absolute Gasteiger partial charge is 0.491 e. The van der Waals surface area contributed by atoms with Crippen LogP contribution in [0.15, 0.2) is 85.2 Å². The molecule has 6 rings (SSSR count). The summed E-state index contributed by atoms with van der Waals surface area (Å²) in [6.07, 6.45) is -1.58. The van der Waals surface area contributed by atoms with E-state index in [1.54, 1.807) is 12.1 Å². The first-order valence-corrected chi connectivity index (χ1v) is 16.2. The van der Waals surface area contributed by atoms with Crippen LogP contribution in [0.2, 0.25) is 0 Å². The Balaban J connectivity index is 1.05. The number of rotatable bonds is 9. The second-order valence-electron chi connectivity index (χ2n) is 12.5. The summed E-state index contributed by atoms with van der Waals surface area (Å²) in [7, 11) is 3.32. The van der Waals surface area contributed by atoms with E-state index in [1.807, 2.05) is 54.6 Å². The van der Waals surface area contributed by atoms with E-state index < -0.39 is 17.6 Å². The molecule has 1 aliphatic heterocycles. The van der Waals surface area contributed by atoms with Gasteiger partial charge in [-0.25, -0.2) is 9.97 Å². The molecule has 3 heterocycles. The van der Waals surface area contributed by atoms with E-state index in [1.165, 1.54) is 29.9 Å². The van der Waals surface area contributed by atoms with Crippen molar-refractivity contribution >= 4 is 28.4 Å². The van der Waals surface area contributed by atoms with E-state index in [0.717, 1.165) is 60.6 Å². The second kappa shape index (κ2) is 14.2. The highest BCUT2D eigenvalue weighted by Crippen LogP contribution is 2.30. The van der Waals surface area contributed by atoms with Crippen LogP contribution < -0.4 is 14.4 Å². The van der Waals surface area contributed by atoms with Gasteiger partial charge >= 0.3 is 12.2 Å². The standard InChI is InChI=1S/C37H37F3N6O4/c1-24(2)49-30-12-5-25(6-13-30)23-45-15-17-46(18-16-45)35(48)33-19-27-9-14-31(20-32(27)44(33)4)50-36-41-21-29(22-42-36)43(3)34(47)26-7-10-28(11-8-26)37(38,39)40/h5-14,19-22,24H,15-18,23H2,1-4H3. The summed E-state index contributed by atoms with van der Waals surface area (Å²) < 4.78 is 52.1. The molecule has 0 bridgehead atoms. The number of piperazine rings is 1. The molecule has 0 N–H and O–H groups in total. The first kappa shape index (κ1) is 34.4. The van der Waals surface area contributed by atoms with Crippen LogP contribution in [0.5, 0.6) is 17.5 Å². The van der Waals surface area contributed by atoms with Crippen molar-refractivity contribution in [3.8, 4) is 17.5 Å². The number of nitrogens with zero attached hydrogens (tertiary/aromatic N) is 6. The van der Waals surface area contributed by atoms with Crippen molar-refractivity contribution < 1.29 is 32.2 Å². The summed E-state index contributed by atoms with van der Waals surface area (Å²) >= 11 is 0. The Bertz CT molecular complexity index is 1970. The molecule has 1 saturated heterocycles. The molecule has 10 nitrogen and oxygen atoms in total. The molecule has 0 aliphatic carbocycles. The molecule has 0 saturated carbocycles. The van der Waals surface area contributed by atoms with Crippen LogP contribution in [0.25, 0.3) is 10.9 Å². The van der Waals surface area contributed by atoms with Crippen LogP contribution in [0.3, 0.4) is 0 Å². The highest BCUT2D eigenvalue weighted by atomic mass is 19.4. The first-order valence-electron chi connectivity index (χ1n) is 16.2. The van der Waals surface area contributed by atoms with Crippen molar-refractivity contribution in [2.75, 3.05) is 38.1 Å². The van der Waals surface area contributed by atoms with Gasteiger partial charge in [-0.3, -0.25) is 14.5 Å². The Labute approximate surface area is 287 Å². The van der Waals surface area contributed by atoms with Gasteiger partial charge in [-0.2, -0.15) is 13.2 Å². The molecule has 0 radical (unpaired) electrons. The lowest BCUT2D eigenvalue weighted by atomic mass is 10.1. The number of hydrogen-bond acceptors (Lipinski definition) is 7. The van der Waals surface area contributed by atoms with Crippen LogP contribution in [-0.4, -0.2) is 75.5 Å². The molecule has 0 atom stereocenters. The zero-order valence-electron chi connectivity index (χ0n) is 28.1. The summed E-state index contributed by atoms with van der Waals surface area (Å²) in [5, 5.41) is 0.881. The number of alkyl halides is 3. The maximum Gasteiger partial charge on any atom is 0.416 e. The number of aromatic nitrogens is 3. The van der Waals surface area contributed by atoms with E-state index in [0.29, 0.717) is 30.2 Å². The van der Waals surface area contributed by atoms with Gasteiger partial charge in [0.15, 0.2) is 0 Å². The van der Waals surface area contributed by atoms with E-state index in [-0.39, 0.29) is 23.6 Å². The second-order valence-corrected chi connectivity index (χ2v) is 12.5. The van der Waals surface area contributed by atoms with E-state index in [9.17, 15) is 22.8 Å². The van der Waals surface area contributed by atoms with Gasteiger partial charge in [-0.1, -0.05) is 12.1 Å². The molecule has 50 heavy (non-hydrogen) atoms. The third-order valence-electron chi connectivity index (χ3n) is 8.57. The zero-order valence-corrected chi connectivity index (χ0v) is 28.1.